The van der Waals surface area contributed by atoms with Crippen LogP contribution in [0, 0.1) is 0 Å². The Kier molecular flexibility index (Phi) is 6.35. The number of nitrogens with zero attached hydrogens (tertiary/aromatic N) is 5. The number of amides is 2. The maximum Gasteiger partial charge on any atom is 0.353 e. The number of para-hydroxylation sites is 1. The maximum atomic E-state index is 13.0. The molecule has 2 aliphatic rings. The molecule has 3 aromatic rings. The van der Waals surface area contributed by atoms with Crippen LogP contribution < -0.4 is 11.1 Å². The van der Waals surface area contributed by atoms with Gasteiger partial charge in [-0.15, -0.1) is 23.1 Å². The largest absolute Gasteiger partial charge is 0.477 e. The molecule has 4 N–H and O–H groups in total. The molecule has 0 spiro atoms. The monoisotopic (exact) mass is 549 g/mol. The van der Waals surface area contributed by atoms with Crippen LogP contribution in [0.3, 0.4) is 0 Å². The number of thioether (sulfide) groups is 2. The predicted octanol–water partition coefficient (Wildman–Crippen LogP) is 1.57. The molecule has 35 heavy (non-hydrogen) atoms. The lowest BCUT2D eigenvalue weighted by Gasteiger charge is -2.49. The van der Waals surface area contributed by atoms with Gasteiger partial charge in [0.05, 0.1) is 10.2 Å². The molecular formula is C19H15N7O5S4. The van der Waals surface area contributed by atoms with E-state index in [4.69, 9.17) is 10.6 Å². The van der Waals surface area contributed by atoms with Crippen molar-refractivity contribution in [3.63, 3.8) is 0 Å². The second kappa shape index (κ2) is 9.44. The molecule has 1 saturated heterocycles. The number of aliphatic carboxylic acids is 1. The van der Waals surface area contributed by atoms with E-state index in [-0.39, 0.29) is 22.4 Å². The number of hydrogen-bond acceptors (Lipinski definition) is 13. The number of nitrogens with two attached hydrogens (primary N) is 1. The molecule has 2 aromatic heterocycles. The lowest BCUT2D eigenvalue weighted by atomic mass is 10.0. The third-order valence-corrected chi connectivity index (χ3v) is 9.14. The zero-order valence-corrected chi connectivity index (χ0v) is 21.0. The number of fused-ring (bicyclic) bond motifs is 2. The van der Waals surface area contributed by atoms with Crippen LogP contribution in [0.25, 0.3) is 10.2 Å². The molecule has 0 aliphatic carbocycles. The number of rotatable bonds is 7. The van der Waals surface area contributed by atoms with Gasteiger partial charge in [-0.1, -0.05) is 29.1 Å². The highest BCUT2D eigenvalue weighted by molar-refractivity contribution is 8.07. The number of hydrogen-bond donors (Lipinski definition) is 3. The third kappa shape index (κ3) is 4.33. The van der Waals surface area contributed by atoms with Crippen molar-refractivity contribution in [2.24, 2.45) is 5.16 Å². The van der Waals surface area contributed by atoms with Gasteiger partial charge in [-0.25, -0.2) is 9.78 Å². The number of anilines is 1. The van der Waals surface area contributed by atoms with E-state index < -0.39 is 29.2 Å². The van der Waals surface area contributed by atoms with Gasteiger partial charge in [-0.05, 0) is 12.1 Å². The first-order valence-corrected chi connectivity index (χ1v) is 13.3. The standard InChI is InChI=1S/C19H15N7O5S4/c1-31-24-10(13-23-18(20)35-25-13)14(27)22-11-15(28)26-12(17(29)30)9(6-32-16(11)26)34-19-21-7-4-2-3-5-8(7)33-19/h2-5,11,16H,6H2,1H3,(H,22,27)(H,29,30)(H2,20,23,25)/b24-10-. The van der Waals surface area contributed by atoms with E-state index in [1.165, 1.54) is 46.9 Å². The topological polar surface area (TPSA) is 173 Å². The molecule has 1 aromatic carbocycles. The van der Waals surface area contributed by atoms with Crippen LogP contribution in [0.1, 0.15) is 5.82 Å². The van der Waals surface area contributed by atoms with E-state index >= 15 is 0 Å². The van der Waals surface area contributed by atoms with Crippen LogP contribution in [0.2, 0.25) is 0 Å². The van der Waals surface area contributed by atoms with Crippen molar-refractivity contribution in [2.45, 2.75) is 15.8 Å². The Hall–Kier alpha value is -3.21. The lowest BCUT2D eigenvalue weighted by Crippen LogP contribution is -2.71. The summed E-state index contributed by atoms with van der Waals surface area (Å²) in [5, 5.41) is 15.7. The lowest BCUT2D eigenvalue weighted by molar-refractivity contribution is -0.150. The zero-order valence-electron chi connectivity index (χ0n) is 17.7. The van der Waals surface area contributed by atoms with Crippen molar-refractivity contribution in [1.29, 1.82) is 0 Å². The second-order valence-electron chi connectivity index (χ2n) is 7.07. The molecule has 5 rings (SSSR count). The van der Waals surface area contributed by atoms with Gasteiger partial charge in [0.25, 0.3) is 11.8 Å². The van der Waals surface area contributed by atoms with E-state index in [9.17, 15) is 19.5 Å². The number of β-lactam (4-membered cyclic amide) rings is 1. The zero-order chi connectivity index (χ0) is 24.7. The van der Waals surface area contributed by atoms with Crippen LogP contribution in [0.15, 0.2) is 44.4 Å². The smallest absolute Gasteiger partial charge is 0.353 e. The van der Waals surface area contributed by atoms with Crippen LogP contribution in [0.5, 0.6) is 0 Å². The van der Waals surface area contributed by atoms with Gasteiger partial charge in [-0.2, -0.15) is 9.36 Å². The Morgan fingerprint density at radius 3 is 2.83 bits per heavy atom. The normalized spacial score (nSPS) is 20.0. The number of carboxylic acid groups (broad SMARTS) is 1. The minimum atomic E-state index is -1.22. The fraction of sp³-hybridized carbons (Fsp3) is 0.211. The Labute approximate surface area is 213 Å². The van der Waals surface area contributed by atoms with E-state index in [0.29, 0.717) is 15.0 Å². The van der Waals surface area contributed by atoms with E-state index in [1.54, 1.807) is 0 Å². The number of carbonyl (C=O) groups is 3. The number of nitrogens with one attached hydrogen (secondary N) is 1. The van der Waals surface area contributed by atoms with Crippen molar-refractivity contribution in [3.05, 3.63) is 40.7 Å². The summed E-state index contributed by atoms with van der Waals surface area (Å²) in [4.78, 5) is 52.8. The van der Waals surface area contributed by atoms with Gasteiger partial charge in [0.15, 0.2) is 9.47 Å². The molecule has 0 radical (unpaired) electrons. The Morgan fingerprint density at radius 1 is 1.34 bits per heavy atom. The van der Waals surface area contributed by atoms with E-state index in [0.717, 1.165) is 21.7 Å². The van der Waals surface area contributed by atoms with Crippen LogP contribution in [-0.4, -0.2) is 72.1 Å². The number of thiazole rings is 1. The summed E-state index contributed by atoms with van der Waals surface area (Å²) in [6, 6.07) is 6.67. The van der Waals surface area contributed by atoms with Crippen molar-refractivity contribution in [1.82, 2.24) is 24.6 Å². The molecule has 2 atom stereocenters. The van der Waals surface area contributed by atoms with Gasteiger partial charge in [0.1, 0.15) is 24.2 Å². The highest BCUT2D eigenvalue weighted by atomic mass is 32.2. The number of benzene rings is 1. The molecule has 2 amide bonds. The van der Waals surface area contributed by atoms with Crippen LogP contribution in [0.4, 0.5) is 5.13 Å². The Balaban J connectivity index is 1.36. The van der Waals surface area contributed by atoms with Crippen LogP contribution in [-0.2, 0) is 19.2 Å². The summed E-state index contributed by atoms with van der Waals surface area (Å²) in [6.07, 6.45) is 0. The summed E-state index contributed by atoms with van der Waals surface area (Å²) in [5.74, 6) is -2.20. The summed E-state index contributed by atoms with van der Waals surface area (Å²) in [5.41, 5.74) is 6.06. The van der Waals surface area contributed by atoms with Crippen molar-refractivity contribution < 1.29 is 24.3 Å². The highest BCUT2D eigenvalue weighted by Gasteiger charge is 2.54. The Morgan fingerprint density at radius 2 is 2.14 bits per heavy atom. The third-order valence-electron chi connectivity index (χ3n) is 4.96. The molecule has 4 heterocycles. The predicted molar refractivity (Wildman–Crippen MR) is 133 cm³/mol. The fourth-order valence-electron chi connectivity index (χ4n) is 3.49. The first-order valence-electron chi connectivity index (χ1n) is 9.83. The highest BCUT2D eigenvalue weighted by Crippen LogP contribution is 2.46. The molecule has 12 nitrogen and oxygen atoms in total. The number of carbonyl (C=O) groups excluding carboxylic acids is 2. The summed E-state index contributed by atoms with van der Waals surface area (Å²) < 4.78 is 5.62. The van der Waals surface area contributed by atoms with Gasteiger partial charge < -0.3 is 21.0 Å². The fourth-order valence-corrected chi connectivity index (χ4v) is 7.63. The molecule has 16 heteroatoms. The molecule has 0 bridgehead atoms. The van der Waals surface area contributed by atoms with Crippen molar-refractivity contribution in [2.75, 3.05) is 18.6 Å². The summed E-state index contributed by atoms with van der Waals surface area (Å²) >= 11 is 4.92. The summed E-state index contributed by atoms with van der Waals surface area (Å²) in [7, 11) is 1.25. The minimum Gasteiger partial charge on any atom is -0.477 e. The number of carboxylic acids is 1. The van der Waals surface area contributed by atoms with Gasteiger partial charge in [0.2, 0.25) is 11.5 Å². The van der Waals surface area contributed by atoms with Crippen molar-refractivity contribution >= 4 is 85.2 Å². The average Bonchev–Trinajstić information content (AvgIpc) is 3.45. The molecule has 1 fully saturated rings. The van der Waals surface area contributed by atoms with Gasteiger partial charge >= 0.3 is 5.97 Å². The van der Waals surface area contributed by atoms with Crippen LogP contribution >= 0.6 is 46.4 Å². The van der Waals surface area contributed by atoms with E-state index in [1.807, 2.05) is 24.3 Å². The van der Waals surface area contributed by atoms with Gasteiger partial charge in [0, 0.05) is 22.2 Å². The quantitative estimate of drug-likeness (QED) is 0.222. The molecule has 0 saturated carbocycles. The molecule has 2 aliphatic heterocycles. The Bertz CT molecular complexity index is 1380. The maximum absolute atomic E-state index is 13.0. The van der Waals surface area contributed by atoms with Gasteiger partial charge in [-0.3, -0.25) is 14.5 Å². The SMILES string of the molecule is CO/N=C(\C(=O)NC1C(=O)N2C(C(=O)O)=C(Sc3nc4ccccc4s3)CSC12)c1nsc(N)n1. The first kappa shape index (κ1) is 23.5. The van der Waals surface area contributed by atoms with E-state index in [2.05, 4.69) is 24.8 Å². The number of nitrogen functional groups attached to an aromatic ring is 1. The molecule has 2 unspecified atom stereocenters. The second-order valence-corrected chi connectivity index (χ2v) is 11.3. The molecule has 180 valence electrons. The number of oxime groups is 1. The average molecular weight is 550 g/mol. The number of aromatic nitrogens is 3. The minimum absolute atomic E-state index is 0.0348. The molecular weight excluding hydrogens is 535 g/mol. The first-order chi connectivity index (χ1) is 16.9. The van der Waals surface area contributed by atoms with Crippen molar-refractivity contribution in [3.8, 4) is 0 Å². The summed E-state index contributed by atoms with van der Waals surface area (Å²) in [6.45, 7) is 0.